The third kappa shape index (κ3) is 3.52. The summed E-state index contributed by atoms with van der Waals surface area (Å²) in [6.45, 7) is 1.64. The summed E-state index contributed by atoms with van der Waals surface area (Å²) < 4.78 is 40.8. The van der Waals surface area contributed by atoms with Crippen LogP contribution in [0.2, 0.25) is 0 Å². The fourth-order valence-electron chi connectivity index (χ4n) is 4.20. The minimum absolute atomic E-state index is 0.0673. The van der Waals surface area contributed by atoms with Crippen molar-refractivity contribution in [3.63, 3.8) is 0 Å². The minimum atomic E-state index is -4.77. The molecule has 2 amide bonds. The highest BCUT2D eigenvalue weighted by Gasteiger charge is 2.48. The van der Waals surface area contributed by atoms with Crippen molar-refractivity contribution in [2.75, 3.05) is 19.6 Å². The van der Waals surface area contributed by atoms with Crippen molar-refractivity contribution in [1.29, 1.82) is 5.41 Å². The van der Waals surface area contributed by atoms with Crippen LogP contribution in [0.3, 0.4) is 0 Å². The molecule has 3 saturated heterocycles. The summed E-state index contributed by atoms with van der Waals surface area (Å²) in [6, 6.07) is 0.449. The summed E-state index contributed by atoms with van der Waals surface area (Å²) in [5.74, 6) is 0.970. The Hall–Kier alpha value is -2.38. The van der Waals surface area contributed by atoms with Crippen LogP contribution in [0.5, 0.6) is 0 Å². The average molecular weight is 414 g/mol. The molecule has 28 heavy (non-hydrogen) atoms. The van der Waals surface area contributed by atoms with Gasteiger partial charge in [0.25, 0.3) is 0 Å². The van der Waals surface area contributed by atoms with Crippen LogP contribution in [0.15, 0.2) is 10.6 Å². The number of carbonyl (C=O) groups excluding carboxylic acids is 1. The van der Waals surface area contributed by atoms with Crippen LogP contribution in [-0.2, 0) is 14.7 Å². The lowest BCUT2D eigenvalue weighted by Gasteiger charge is -2.31. The van der Waals surface area contributed by atoms with Crippen molar-refractivity contribution in [3.8, 4) is 0 Å². The normalized spacial score (nSPS) is 26.2. The number of hydrogen-bond acceptors (Lipinski definition) is 7. The Morgan fingerprint density at radius 1 is 1.32 bits per heavy atom. The molecule has 2 atom stereocenters. The molecule has 4 heterocycles. The predicted molar refractivity (Wildman–Crippen MR) is 94.3 cm³/mol. The highest BCUT2D eigenvalue weighted by Crippen LogP contribution is 2.39. The first-order valence-corrected chi connectivity index (χ1v) is 10.4. The number of hydrogen-bond donors (Lipinski definition) is 3. The van der Waals surface area contributed by atoms with E-state index in [-0.39, 0.29) is 24.5 Å². The maximum atomic E-state index is 12.5. The SMILES string of the molecule is N=C(N)N1CCC(c2cc([C@@H]3CC[C@H]4CN3C(=O)N4OS(=O)(=O)O)no2)CC1. The number of amides is 2. The molecule has 3 aliphatic heterocycles. The van der Waals surface area contributed by atoms with Crippen molar-refractivity contribution in [3.05, 3.63) is 17.5 Å². The Bertz CT molecular complexity index is 879. The molecule has 12 nitrogen and oxygen atoms in total. The number of carbonyl (C=O) groups is 1. The number of fused-ring (bicyclic) bond motifs is 2. The number of rotatable bonds is 4. The third-order valence-electron chi connectivity index (χ3n) is 5.62. The second kappa shape index (κ2) is 6.90. The van der Waals surface area contributed by atoms with E-state index in [0.717, 1.165) is 18.6 Å². The number of hydroxylamine groups is 2. The molecule has 0 spiro atoms. The fraction of sp³-hybridized carbons (Fsp3) is 0.667. The molecular weight excluding hydrogens is 392 g/mol. The van der Waals surface area contributed by atoms with E-state index in [9.17, 15) is 13.2 Å². The second-order valence-corrected chi connectivity index (χ2v) is 8.32. The van der Waals surface area contributed by atoms with Crippen LogP contribution in [-0.4, -0.2) is 70.7 Å². The molecule has 0 saturated carbocycles. The summed E-state index contributed by atoms with van der Waals surface area (Å²) in [6.07, 6.45) is 2.68. The Morgan fingerprint density at radius 2 is 2.04 bits per heavy atom. The standard InChI is InChI=1S/C15H22N6O6S/c16-14(17)19-5-3-9(4-6-19)13-7-11(18-26-13)12-2-1-10-8-20(12)15(22)21(10)27-28(23,24)25/h7,9-10,12H,1-6,8H2,(H3,16,17)(H,23,24,25)/t10-,12-/m0/s1. The molecule has 1 aromatic heterocycles. The monoisotopic (exact) mass is 414 g/mol. The molecule has 154 valence electrons. The molecule has 4 N–H and O–H groups in total. The van der Waals surface area contributed by atoms with Gasteiger partial charge < -0.3 is 20.1 Å². The summed E-state index contributed by atoms with van der Waals surface area (Å²) >= 11 is 0. The van der Waals surface area contributed by atoms with E-state index in [0.29, 0.717) is 36.7 Å². The van der Waals surface area contributed by atoms with Gasteiger partial charge >= 0.3 is 16.4 Å². The largest absolute Gasteiger partial charge is 0.418 e. The Kier molecular flexibility index (Phi) is 4.67. The smallest absolute Gasteiger partial charge is 0.370 e. The van der Waals surface area contributed by atoms with Gasteiger partial charge in [0, 0.05) is 31.6 Å². The van der Waals surface area contributed by atoms with E-state index < -0.39 is 22.5 Å². The van der Waals surface area contributed by atoms with Gasteiger partial charge in [-0.3, -0.25) is 9.96 Å². The van der Waals surface area contributed by atoms with Gasteiger partial charge in [-0.2, -0.15) is 13.5 Å². The predicted octanol–water partition coefficient (Wildman–Crippen LogP) is 0.423. The van der Waals surface area contributed by atoms with E-state index in [1.165, 1.54) is 4.90 Å². The van der Waals surface area contributed by atoms with E-state index in [4.69, 9.17) is 20.2 Å². The van der Waals surface area contributed by atoms with Gasteiger partial charge in [0.1, 0.15) is 11.5 Å². The maximum absolute atomic E-state index is 12.5. The zero-order valence-corrected chi connectivity index (χ0v) is 15.8. The summed E-state index contributed by atoms with van der Waals surface area (Å²) in [4.78, 5) is 15.8. The molecule has 3 aliphatic rings. The quantitative estimate of drug-likeness (QED) is 0.359. The molecular formula is C15H22N6O6S. The van der Waals surface area contributed by atoms with Gasteiger partial charge in [0.15, 0.2) is 5.96 Å². The number of likely N-dealkylation sites (tertiary alicyclic amines) is 1. The van der Waals surface area contributed by atoms with Crippen LogP contribution in [0.1, 0.15) is 49.1 Å². The number of urea groups is 1. The first kappa shape index (κ1) is 19.0. The van der Waals surface area contributed by atoms with E-state index in [1.54, 1.807) is 0 Å². The van der Waals surface area contributed by atoms with Crippen LogP contribution in [0.25, 0.3) is 0 Å². The molecule has 2 bridgehead atoms. The number of aromatic nitrogens is 1. The highest BCUT2D eigenvalue weighted by atomic mass is 32.3. The average Bonchev–Trinajstić information content (AvgIpc) is 3.22. The minimum Gasteiger partial charge on any atom is -0.370 e. The van der Waals surface area contributed by atoms with Gasteiger partial charge in [0.05, 0.1) is 12.1 Å². The van der Waals surface area contributed by atoms with Crippen molar-refractivity contribution in [2.45, 2.75) is 43.7 Å². The van der Waals surface area contributed by atoms with Crippen LogP contribution in [0, 0.1) is 5.41 Å². The summed E-state index contributed by atoms with van der Waals surface area (Å²) in [7, 11) is -4.77. The Balaban J connectivity index is 1.45. The maximum Gasteiger partial charge on any atom is 0.418 e. The van der Waals surface area contributed by atoms with Crippen molar-refractivity contribution in [1.82, 2.24) is 20.0 Å². The molecule has 13 heteroatoms. The van der Waals surface area contributed by atoms with Crippen molar-refractivity contribution >= 4 is 22.4 Å². The molecule has 4 rings (SSSR count). The van der Waals surface area contributed by atoms with Crippen LogP contribution < -0.4 is 5.73 Å². The Morgan fingerprint density at radius 3 is 2.68 bits per heavy atom. The zero-order chi connectivity index (χ0) is 20.1. The first-order valence-electron chi connectivity index (χ1n) is 9.05. The summed E-state index contributed by atoms with van der Waals surface area (Å²) in [5, 5.41) is 12.4. The summed E-state index contributed by atoms with van der Waals surface area (Å²) in [5.41, 5.74) is 6.13. The van der Waals surface area contributed by atoms with E-state index >= 15 is 0 Å². The molecule has 0 radical (unpaired) electrons. The third-order valence-corrected chi connectivity index (χ3v) is 5.97. The number of piperidine rings is 2. The number of nitrogens with zero attached hydrogens (tertiary/aromatic N) is 4. The number of guanidine groups is 1. The Labute approximate surface area is 161 Å². The van der Waals surface area contributed by atoms with E-state index in [2.05, 4.69) is 9.44 Å². The second-order valence-electron chi connectivity index (χ2n) is 7.31. The first-order chi connectivity index (χ1) is 13.2. The topological polar surface area (TPSA) is 166 Å². The van der Waals surface area contributed by atoms with Crippen molar-refractivity contribution in [2.24, 2.45) is 5.73 Å². The van der Waals surface area contributed by atoms with Gasteiger partial charge in [-0.05, 0) is 25.7 Å². The molecule has 3 fully saturated rings. The molecule has 0 aromatic carbocycles. The van der Waals surface area contributed by atoms with Gasteiger partial charge in [-0.25, -0.2) is 4.79 Å². The lowest BCUT2D eigenvalue weighted by atomic mass is 9.93. The van der Waals surface area contributed by atoms with E-state index in [1.807, 2.05) is 11.0 Å². The van der Waals surface area contributed by atoms with Gasteiger partial charge in [-0.15, -0.1) is 4.28 Å². The van der Waals surface area contributed by atoms with Crippen LogP contribution in [0.4, 0.5) is 4.79 Å². The van der Waals surface area contributed by atoms with Gasteiger partial charge in [0.2, 0.25) is 0 Å². The van der Waals surface area contributed by atoms with Crippen molar-refractivity contribution < 1.29 is 26.6 Å². The fourth-order valence-corrected chi connectivity index (χ4v) is 4.59. The molecule has 0 unspecified atom stereocenters. The highest BCUT2D eigenvalue weighted by molar-refractivity contribution is 7.80. The van der Waals surface area contributed by atoms with Crippen LogP contribution >= 0.6 is 0 Å². The molecule has 1 aromatic rings. The lowest BCUT2D eigenvalue weighted by Crippen LogP contribution is -2.41. The zero-order valence-electron chi connectivity index (χ0n) is 15.0. The van der Waals surface area contributed by atoms with Gasteiger partial charge in [-0.1, -0.05) is 5.16 Å². The number of nitrogens with one attached hydrogen (secondary N) is 1. The number of nitrogens with two attached hydrogens (primary N) is 1. The lowest BCUT2D eigenvalue weighted by molar-refractivity contribution is -0.0317. The molecule has 0 aliphatic carbocycles.